The predicted octanol–water partition coefficient (Wildman–Crippen LogP) is 2.72. The van der Waals surface area contributed by atoms with Crippen molar-refractivity contribution in [3.8, 4) is 11.5 Å². The number of hydrogen-bond acceptors (Lipinski definition) is 3. The maximum atomic E-state index is 10.3. The van der Waals surface area contributed by atoms with Crippen molar-refractivity contribution in [1.29, 1.82) is 0 Å². The first-order valence-corrected chi connectivity index (χ1v) is 6.29. The smallest absolute Gasteiger partial charge is 0.231 e. The summed E-state index contributed by atoms with van der Waals surface area (Å²) in [4.78, 5) is 0. The molecule has 2 aliphatic rings. The third-order valence-corrected chi connectivity index (χ3v) is 3.87. The van der Waals surface area contributed by atoms with Crippen molar-refractivity contribution >= 4 is 15.9 Å². The van der Waals surface area contributed by atoms with Crippen LogP contribution in [0.1, 0.15) is 30.9 Å². The van der Waals surface area contributed by atoms with Gasteiger partial charge in [0.25, 0.3) is 0 Å². The van der Waals surface area contributed by atoms with E-state index in [1.807, 2.05) is 6.07 Å². The molecule has 1 fully saturated rings. The second-order valence-electron chi connectivity index (χ2n) is 4.33. The first-order chi connectivity index (χ1) is 7.65. The molecule has 3 nitrogen and oxygen atoms in total. The van der Waals surface area contributed by atoms with Crippen LogP contribution in [-0.2, 0) is 12.0 Å². The van der Waals surface area contributed by atoms with Crippen molar-refractivity contribution < 1.29 is 14.6 Å². The van der Waals surface area contributed by atoms with Crippen molar-refractivity contribution in [2.75, 3.05) is 6.79 Å². The summed E-state index contributed by atoms with van der Waals surface area (Å²) in [5.41, 5.74) is 1.44. The fraction of sp³-hybridized carbons (Fsp3) is 0.500. The highest BCUT2D eigenvalue weighted by Crippen LogP contribution is 2.53. The van der Waals surface area contributed by atoms with Crippen LogP contribution >= 0.6 is 15.9 Å². The van der Waals surface area contributed by atoms with Gasteiger partial charge in [0.05, 0.1) is 10.1 Å². The van der Waals surface area contributed by atoms with Crippen LogP contribution in [0.5, 0.6) is 11.5 Å². The molecule has 0 bridgehead atoms. The topological polar surface area (TPSA) is 38.7 Å². The zero-order chi connectivity index (χ0) is 11.3. The Bertz CT molecular complexity index is 452. The SMILES string of the molecule is CCc1c(C2(O)CC2)cc(Br)c2c1OCO2. The van der Waals surface area contributed by atoms with Gasteiger partial charge in [-0.2, -0.15) is 0 Å². The molecule has 0 radical (unpaired) electrons. The Labute approximate surface area is 102 Å². The lowest BCUT2D eigenvalue weighted by molar-refractivity contribution is 0.149. The zero-order valence-electron chi connectivity index (χ0n) is 9.05. The van der Waals surface area contributed by atoms with Crippen molar-refractivity contribution in [2.24, 2.45) is 0 Å². The molecule has 16 heavy (non-hydrogen) atoms. The molecule has 86 valence electrons. The first kappa shape index (κ1) is 10.4. The molecule has 1 heterocycles. The predicted molar refractivity (Wildman–Crippen MR) is 62.8 cm³/mol. The summed E-state index contributed by atoms with van der Waals surface area (Å²) in [6.07, 6.45) is 2.52. The normalized spacial score (nSPS) is 19.9. The lowest BCUT2D eigenvalue weighted by Gasteiger charge is -2.16. The van der Waals surface area contributed by atoms with E-state index >= 15 is 0 Å². The third kappa shape index (κ3) is 1.36. The van der Waals surface area contributed by atoms with Crippen LogP contribution in [-0.4, -0.2) is 11.9 Å². The van der Waals surface area contributed by atoms with Crippen molar-refractivity contribution in [2.45, 2.75) is 31.8 Å². The average molecular weight is 285 g/mol. The molecule has 0 amide bonds. The van der Waals surface area contributed by atoms with E-state index in [0.29, 0.717) is 0 Å². The maximum Gasteiger partial charge on any atom is 0.231 e. The summed E-state index contributed by atoms with van der Waals surface area (Å²) in [6.45, 7) is 2.34. The largest absolute Gasteiger partial charge is 0.453 e. The number of benzene rings is 1. The minimum absolute atomic E-state index is 0.267. The molecule has 1 aliphatic carbocycles. The third-order valence-electron chi connectivity index (χ3n) is 3.28. The molecule has 1 aromatic rings. The molecule has 1 N–H and O–H groups in total. The van der Waals surface area contributed by atoms with Gasteiger partial charge in [-0.3, -0.25) is 0 Å². The van der Waals surface area contributed by atoms with Crippen LogP contribution in [0, 0.1) is 0 Å². The van der Waals surface area contributed by atoms with Gasteiger partial charge in [0.1, 0.15) is 0 Å². The standard InChI is InChI=1S/C12H13BrO3/c1-2-7-8(12(14)3-4-12)5-9(13)11-10(7)15-6-16-11/h5,14H,2-4,6H2,1H3. The summed E-state index contributed by atoms with van der Waals surface area (Å²) < 4.78 is 11.8. The molecule has 0 atom stereocenters. The lowest BCUT2D eigenvalue weighted by Crippen LogP contribution is -2.09. The highest BCUT2D eigenvalue weighted by atomic mass is 79.9. The lowest BCUT2D eigenvalue weighted by atomic mass is 9.97. The summed E-state index contributed by atoms with van der Waals surface area (Å²) in [7, 11) is 0. The Hall–Kier alpha value is -0.740. The molecule has 3 rings (SSSR count). The first-order valence-electron chi connectivity index (χ1n) is 5.49. The number of aliphatic hydroxyl groups is 1. The zero-order valence-corrected chi connectivity index (χ0v) is 10.6. The van der Waals surface area contributed by atoms with E-state index in [-0.39, 0.29) is 6.79 Å². The molecule has 0 saturated heterocycles. The second-order valence-corrected chi connectivity index (χ2v) is 5.19. The fourth-order valence-electron chi connectivity index (χ4n) is 2.24. The van der Waals surface area contributed by atoms with E-state index < -0.39 is 5.60 Å². The quantitative estimate of drug-likeness (QED) is 0.908. The Morgan fingerprint density at radius 1 is 1.38 bits per heavy atom. The van der Waals surface area contributed by atoms with Crippen LogP contribution < -0.4 is 9.47 Å². The van der Waals surface area contributed by atoms with Gasteiger partial charge in [0, 0.05) is 5.56 Å². The van der Waals surface area contributed by atoms with E-state index in [9.17, 15) is 5.11 Å². The van der Waals surface area contributed by atoms with Gasteiger partial charge in [-0.05, 0) is 46.8 Å². The highest BCUT2D eigenvalue weighted by molar-refractivity contribution is 9.10. The summed E-state index contributed by atoms with van der Waals surface area (Å²) in [6, 6.07) is 1.97. The van der Waals surface area contributed by atoms with Crippen LogP contribution in [0.15, 0.2) is 10.5 Å². The van der Waals surface area contributed by atoms with Crippen LogP contribution in [0.3, 0.4) is 0 Å². The van der Waals surface area contributed by atoms with Gasteiger partial charge in [-0.25, -0.2) is 0 Å². The van der Waals surface area contributed by atoms with E-state index in [1.165, 1.54) is 0 Å². The second kappa shape index (κ2) is 3.37. The molecular weight excluding hydrogens is 272 g/mol. The Kier molecular flexibility index (Phi) is 2.20. The van der Waals surface area contributed by atoms with Crippen molar-refractivity contribution in [3.63, 3.8) is 0 Å². The van der Waals surface area contributed by atoms with Gasteiger partial charge in [0.15, 0.2) is 11.5 Å². The van der Waals surface area contributed by atoms with Gasteiger partial charge < -0.3 is 14.6 Å². The van der Waals surface area contributed by atoms with Gasteiger partial charge in [0.2, 0.25) is 6.79 Å². The minimum Gasteiger partial charge on any atom is -0.453 e. The number of fused-ring (bicyclic) bond motifs is 1. The molecule has 0 aromatic heterocycles. The summed E-state index contributed by atoms with van der Waals surface area (Å²) in [5.74, 6) is 1.57. The monoisotopic (exact) mass is 284 g/mol. The number of rotatable bonds is 2. The fourth-order valence-corrected chi connectivity index (χ4v) is 2.76. The van der Waals surface area contributed by atoms with Gasteiger partial charge >= 0.3 is 0 Å². The molecule has 0 unspecified atom stereocenters. The molecule has 4 heteroatoms. The molecular formula is C12H13BrO3. The Morgan fingerprint density at radius 3 is 2.69 bits per heavy atom. The van der Waals surface area contributed by atoms with Crippen LogP contribution in [0.4, 0.5) is 0 Å². The molecule has 1 aromatic carbocycles. The minimum atomic E-state index is -0.630. The molecule has 1 aliphatic heterocycles. The number of hydrogen-bond donors (Lipinski definition) is 1. The molecule has 1 saturated carbocycles. The summed E-state index contributed by atoms with van der Waals surface area (Å²) >= 11 is 3.47. The van der Waals surface area contributed by atoms with Gasteiger partial charge in [-0.1, -0.05) is 6.92 Å². The summed E-state index contributed by atoms with van der Waals surface area (Å²) in [5, 5.41) is 10.3. The van der Waals surface area contributed by atoms with E-state index in [1.54, 1.807) is 0 Å². The maximum absolute atomic E-state index is 10.3. The highest BCUT2D eigenvalue weighted by Gasteiger charge is 2.45. The van der Waals surface area contributed by atoms with E-state index in [4.69, 9.17) is 9.47 Å². The Balaban J connectivity index is 2.22. The van der Waals surface area contributed by atoms with Crippen LogP contribution in [0.2, 0.25) is 0 Å². The van der Waals surface area contributed by atoms with E-state index in [2.05, 4.69) is 22.9 Å². The van der Waals surface area contributed by atoms with Gasteiger partial charge in [-0.15, -0.1) is 0 Å². The van der Waals surface area contributed by atoms with Crippen molar-refractivity contribution in [3.05, 3.63) is 21.7 Å². The van der Waals surface area contributed by atoms with Crippen LogP contribution in [0.25, 0.3) is 0 Å². The number of halogens is 1. The number of ether oxygens (including phenoxy) is 2. The molecule has 0 spiro atoms. The average Bonchev–Trinajstić information content (AvgIpc) is 2.82. The van der Waals surface area contributed by atoms with Crippen molar-refractivity contribution in [1.82, 2.24) is 0 Å². The van der Waals surface area contributed by atoms with E-state index in [0.717, 1.165) is 46.4 Å². The Morgan fingerprint density at radius 2 is 2.06 bits per heavy atom.